The molecule has 0 amide bonds. The maximum absolute atomic E-state index is 12.6. The summed E-state index contributed by atoms with van der Waals surface area (Å²) in [5.41, 5.74) is 1.54. The summed E-state index contributed by atoms with van der Waals surface area (Å²) in [7, 11) is 1.68. The highest BCUT2D eigenvalue weighted by molar-refractivity contribution is 6.30. The van der Waals surface area contributed by atoms with Gasteiger partial charge in [0.2, 0.25) is 0 Å². The van der Waals surface area contributed by atoms with E-state index in [1.165, 1.54) is 5.57 Å². The van der Waals surface area contributed by atoms with Crippen LogP contribution in [0.25, 0.3) is 0 Å². The molecule has 2 aliphatic heterocycles. The lowest BCUT2D eigenvalue weighted by Gasteiger charge is -2.42. The van der Waals surface area contributed by atoms with E-state index in [1.54, 1.807) is 19.2 Å². The van der Waals surface area contributed by atoms with E-state index in [2.05, 4.69) is 32.2 Å². The molecule has 0 aromatic heterocycles. The van der Waals surface area contributed by atoms with Crippen LogP contribution in [0.15, 0.2) is 35.9 Å². The molecule has 170 valence electrons. The highest BCUT2D eigenvalue weighted by Crippen LogP contribution is 2.59. The molecule has 7 heteroatoms. The molecular formula is C24H32ClNO5. The van der Waals surface area contributed by atoms with E-state index in [9.17, 15) is 4.79 Å². The Morgan fingerprint density at radius 3 is 2.65 bits per heavy atom. The molecule has 0 unspecified atom stereocenters. The topological polar surface area (TPSA) is 72.6 Å². The van der Waals surface area contributed by atoms with Gasteiger partial charge in [-0.3, -0.25) is 4.79 Å². The van der Waals surface area contributed by atoms with Crippen molar-refractivity contribution in [2.45, 2.75) is 69.5 Å². The SMILES string of the molecule is CO[C@@H]1[C@H](OC(=O)CNc2ccc(Cl)cc2)CC[C@]2(CO2)[C@H]1[C@@]1(C)O[C@@H]1CC=C(C)C. The van der Waals surface area contributed by atoms with Crippen LogP contribution in [0.5, 0.6) is 0 Å². The Bertz CT molecular complexity index is 833. The summed E-state index contributed by atoms with van der Waals surface area (Å²) in [5, 5.41) is 3.73. The summed E-state index contributed by atoms with van der Waals surface area (Å²) in [6.07, 6.45) is 4.18. The Labute approximate surface area is 189 Å². The molecule has 1 saturated carbocycles. The van der Waals surface area contributed by atoms with E-state index in [0.717, 1.165) is 24.9 Å². The smallest absolute Gasteiger partial charge is 0.325 e. The number of benzene rings is 1. The third kappa shape index (κ3) is 4.77. The second-order valence-electron chi connectivity index (χ2n) is 9.27. The minimum absolute atomic E-state index is 0.0244. The molecule has 4 rings (SSSR count). The van der Waals surface area contributed by atoms with Gasteiger partial charge in [0.05, 0.1) is 18.6 Å². The summed E-state index contributed by atoms with van der Waals surface area (Å²) in [4.78, 5) is 12.6. The molecule has 1 aliphatic carbocycles. The molecule has 0 radical (unpaired) electrons. The number of halogens is 1. The van der Waals surface area contributed by atoms with Crippen LogP contribution in [0.3, 0.4) is 0 Å². The van der Waals surface area contributed by atoms with Crippen LogP contribution in [0.4, 0.5) is 5.69 Å². The van der Waals surface area contributed by atoms with Gasteiger partial charge in [-0.1, -0.05) is 23.3 Å². The minimum Gasteiger partial charge on any atom is -0.458 e. The zero-order valence-corrected chi connectivity index (χ0v) is 19.4. The van der Waals surface area contributed by atoms with E-state index < -0.39 is 0 Å². The zero-order chi connectivity index (χ0) is 22.2. The van der Waals surface area contributed by atoms with E-state index in [4.69, 9.17) is 30.5 Å². The van der Waals surface area contributed by atoms with Crippen molar-refractivity contribution < 1.29 is 23.7 Å². The van der Waals surface area contributed by atoms with Gasteiger partial charge >= 0.3 is 5.97 Å². The Morgan fingerprint density at radius 1 is 1.32 bits per heavy atom. The van der Waals surface area contributed by atoms with Crippen molar-refractivity contribution >= 4 is 23.3 Å². The lowest BCUT2D eigenvalue weighted by atomic mass is 9.68. The maximum Gasteiger partial charge on any atom is 0.325 e. The Balaban J connectivity index is 1.40. The highest BCUT2D eigenvalue weighted by Gasteiger charge is 2.72. The predicted molar refractivity (Wildman–Crippen MR) is 119 cm³/mol. The van der Waals surface area contributed by atoms with E-state index in [-0.39, 0.29) is 47.9 Å². The van der Waals surface area contributed by atoms with Gasteiger partial charge in [-0.05, 0) is 64.3 Å². The lowest BCUT2D eigenvalue weighted by molar-refractivity contribution is -0.170. The number of carbonyl (C=O) groups excluding carboxylic acids is 1. The quantitative estimate of drug-likeness (QED) is 0.361. The standard InChI is InChI=1S/C24H32ClNO5/c1-15(2)5-10-19-23(3,31-19)22-21(28-4)18(11-12-24(22)14-29-24)30-20(27)13-26-17-8-6-16(25)7-9-17/h5-9,18-19,21-22,26H,10-14H2,1-4H3/t18-,19-,21-,22-,23+,24+/m1/s1. The average molecular weight is 450 g/mol. The molecular weight excluding hydrogens is 418 g/mol. The summed E-state index contributed by atoms with van der Waals surface area (Å²) in [6, 6.07) is 7.21. The van der Waals surface area contributed by atoms with E-state index in [1.807, 2.05) is 12.1 Å². The number of anilines is 1. The van der Waals surface area contributed by atoms with Gasteiger partial charge in [-0.25, -0.2) is 0 Å². The molecule has 0 bridgehead atoms. The molecule has 3 aliphatic rings. The lowest BCUT2D eigenvalue weighted by Crippen LogP contribution is -2.55. The number of hydrogen-bond donors (Lipinski definition) is 1. The number of rotatable bonds is 8. The van der Waals surface area contributed by atoms with Crippen molar-refractivity contribution in [3.05, 3.63) is 40.9 Å². The fourth-order valence-electron chi connectivity index (χ4n) is 5.02. The molecule has 1 N–H and O–H groups in total. The van der Waals surface area contributed by atoms with Crippen molar-refractivity contribution in [3.63, 3.8) is 0 Å². The van der Waals surface area contributed by atoms with Crippen LogP contribution in [0.1, 0.15) is 40.0 Å². The van der Waals surface area contributed by atoms with Crippen LogP contribution in [0, 0.1) is 5.92 Å². The van der Waals surface area contributed by atoms with E-state index >= 15 is 0 Å². The van der Waals surface area contributed by atoms with E-state index in [0.29, 0.717) is 11.6 Å². The first-order valence-electron chi connectivity index (χ1n) is 10.9. The summed E-state index contributed by atoms with van der Waals surface area (Å²) < 4.78 is 23.9. The molecule has 2 saturated heterocycles. The van der Waals surface area contributed by atoms with Crippen LogP contribution < -0.4 is 5.32 Å². The van der Waals surface area contributed by atoms with Gasteiger partial charge in [-0.2, -0.15) is 0 Å². The fourth-order valence-corrected chi connectivity index (χ4v) is 5.15. The minimum atomic E-state index is -0.338. The van der Waals surface area contributed by atoms with Crippen molar-refractivity contribution in [1.82, 2.24) is 0 Å². The van der Waals surface area contributed by atoms with Crippen molar-refractivity contribution in [1.29, 1.82) is 0 Å². The largest absolute Gasteiger partial charge is 0.458 e. The maximum atomic E-state index is 12.6. The molecule has 1 aromatic rings. The first kappa shape index (κ1) is 22.6. The predicted octanol–water partition coefficient (Wildman–Crippen LogP) is 4.37. The Kier molecular flexibility index (Phi) is 6.37. The number of methoxy groups -OCH3 is 1. The van der Waals surface area contributed by atoms with Crippen LogP contribution in [-0.2, 0) is 23.7 Å². The summed E-state index contributed by atoms with van der Waals surface area (Å²) in [6.45, 7) is 7.13. The second kappa shape index (κ2) is 8.74. The first-order chi connectivity index (χ1) is 14.8. The third-order valence-corrected chi connectivity index (χ3v) is 7.05. The molecule has 2 heterocycles. The van der Waals surface area contributed by atoms with Gasteiger partial charge in [0.25, 0.3) is 0 Å². The average Bonchev–Trinajstić information content (AvgIpc) is 3.65. The van der Waals surface area contributed by atoms with Gasteiger partial charge in [0, 0.05) is 17.8 Å². The molecule has 6 nitrogen and oxygen atoms in total. The summed E-state index contributed by atoms with van der Waals surface area (Å²) >= 11 is 5.91. The van der Waals surface area contributed by atoms with Gasteiger partial charge in [0.1, 0.15) is 30.0 Å². The first-order valence-corrected chi connectivity index (χ1v) is 11.3. The molecule has 6 atom stereocenters. The van der Waals surface area contributed by atoms with Crippen LogP contribution in [-0.4, -0.2) is 55.7 Å². The molecule has 31 heavy (non-hydrogen) atoms. The normalized spacial score (nSPS) is 36.0. The second-order valence-corrected chi connectivity index (χ2v) is 9.70. The number of allylic oxidation sites excluding steroid dienone is 1. The fraction of sp³-hybridized carbons (Fsp3) is 0.625. The molecule has 3 fully saturated rings. The number of carbonyl (C=O) groups is 1. The third-order valence-electron chi connectivity index (χ3n) is 6.80. The summed E-state index contributed by atoms with van der Waals surface area (Å²) in [5.74, 6) is -0.285. The number of ether oxygens (including phenoxy) is 4. The zero-order valence-electron chi connectivity index (χ0n) is 18.7. The molecule has 1 spiro atoms. The van der Waals surface area contributed by atoms with Gasteiger partial charge in [-0.15, -0.1) is 0 Å². The van der Waals surface area contributed by atoms with Crippen molar-refractivity contribution in [3.8, 4) is 0 Å². The van der Waals surface area contributed by atoms with Crippen molar-refractivity contribution in [2.75, 3.05) is 25.6 Å². The number of esters is 1. The number of epoxide rings is 2. The Morgan fingerprint density at radius 2 is 2.03 bits per heavy atom. The monoisotopic (exact) mass is 449 g/mol. The van der Waals surface area contributed by atoms with Crippen molar-refractivity contribution in [2.24, 2.45) is 5.92 Å². The van der Waals surface area contributed by atoms with Gasteiger partial charge in [0.15, 0.2) is 0 Å². The number of hydrogen-bond acceptors (Lipinski definition) is 6. The van der Waals surface area contributed by atoms with Crippen LogP contribution >= 0.6 is 11.6 Å². The Hall–Kier alpha value is -1.60. The van der Waals surface area contributed by atoms with Crippen LogP contribution in [0.2, 0.25) is 5.02 Å². The number of nitrogens with one attached hydrogen (secondary N) is 1. The highest BCUT2D eigenvalue weighted by atomic mass is 35.5. The molecule has 1 aromatic carbocycles. The van der Waals surface area contributed by atoms with Gasteiger partial charge < -0.3 is 24.3 Å².